The van der Waals surface area contributed by atoms with Crippen molar-refractivity contribution in [3.05, 3.63) is 22.7 Å². The minimum Gasteiger partial charge on any atom is -0.423 e. The third-order valence-corrected chi connectivity index (χ3v) is 2.80. The van der Waals surface area contributed by atoms with Crippen molar-refractivity contribution in [2.24, 2.45) is 0 Å². The highest BCUT2D eigenvalue weighted by Gasteiger charge is 2.22. The molecule has 0 amide bonds. The van der Waals surface area contributed by atoms with E-state index in [-0.39, 0.29) is 12.4 Å². The minimum atomic E-state index is -1.42. The lowest BCUT2D eigenvalue weighted by molar-refractivity contribution is 0.425. The maximum Gasteiger partial charge on any atom is 0.488 e. The predicted octanol–water partition coefficient (Wildman–Crippen LogP) is 0.800. The summed E-state index contributed by atoms with van der Waals surface area (Å²) in [6, 6.07) is 3.35. The molecule has 1 aliphatic heterocycles. The second-order valence-corrected chi connectivity index (χ2v) is 3.80. The summed E-state index contributed by atoms with van der Waals surface area (Å²) >= 11 is 5.99. The van der Waals surface area contributed by atoms with Crippen molar-refractivity contribution in [2.75, 3.05) is 11.9 Å². The molecule has 1 aromatic rings. The van der Waals surface area contributed by atoms with Gasteiger partial charge >= 0.3 is 7.12 Å². The molecule has 1 aliphatic rings. The van der Waals surface area contributed by atoms with Crippen LogP contribution < -0.4 is 10.8 Å². The van der Waals surface area contributed by atoms with Crippen molar-refractivity contribution in [3.63, 3.8) is 0 Å². The van der Waals surface area contributed by atoms with Crippen LogP contribution in [0.4, 0.5) is 5.69 Å². The first-order chi connectivity index (χ1) is 6.70. The lowest BCUT2D eigenvalue weighted by Crippen LogP contribution is -2.35. The Balaban J connectivity index is 0.00000112. The molecule has 0 spiro atoms. The van der Waals surface area contributed by atoms with Crippen LogP contribution in [-0.4, -0.2) is 23.7 Å². The molecule has 15 heavy (non-hydrogen) atoms. The van der Waals surface area contributed by atoms with Crippen molar-refractivity contribution in [2.45, 2.75) is 12.8 Å². The second-order valence-electron chi connectivity index (χ2n) is 3.39. The van der Waals surface area contributed by atoms with Gasteiger partial charge in [-0.05, 0) is 29.9 Å². The molecule has 3 N–H and O–H groups in total. The van der Waals surface area contributed by atoms with Crippen molar-refractivity contribution in [1.82, 2.24) is 0 Å². The average Bonchev–Trinajstić information content (AvgIpc) is 2.18. The van der Waals surface area contributed by atoms with Crippen LogP contribution >= 0.6 is 24.0 Å². The normalized spacial score (nSPS) is 13.5. The molecule has 0 radical (unpaired) electrons. The lowest BCUT2D eigenvalue weighted by atomic mass is 9.75. The zero-order valence-corrected chi connectivity index (χ0v) is 9.61. The lowest BCUT2D eigenvalue weighted by Gasteiger charge is -2.22. The molecular weight excluding hydrogens is 236 g/mol. The van der Waals surface area contributed by atoms with Crippen LogP contribution in [0.25, 0.3) is 0 Å². The van der Waals surface area contributed by atoms with Gasteiger partial charge in [0.15, 0.2) is 0 Å². The maximum atomic E-state index is 9.16. The smallest absolute Gasteiger partial charge is 0.423 e. The quantitative estimate of drug-likeness (QED) is 0.644. The number of benzene rings is 1. The van der Waals surface area contributed by atoms with Gasteiger partial charge in [0.2, 0.25) is 0 Å². The summed E-state index contributed by atoms with van der Waals surface area (Å²) < 4.78 is 0. The van der Waals surface area contributed by atoms with E-state index in [9.17, 15) is 0 Å². The van der Waals surface area contributed by atoms with E-state index in [2.05, 4.69) is 5.32 Å². The molecule has 0 bridgehead atoms. The Kier molecular flexibility index (Phi) is 4.28. The van der Waals surface area contributed by atoms with E-state index in [1.807, 2.05) is 0 Å². The van der Waals surface area contributed by atoms with Gasteiger partial charge in [-0.2, -0.15) is 0 Å². The number of nitrogens with one attached hydrogen (secondary N) is 1. The zero-order valence-electron chi connectivity index (χ0n) is 8.03. The molecule has 0 saturated heterocycles. The first-order valence-electron chi connectivity index (χ1n) is 4.61. The SMILES string of the molecule is Cl.OB(O)c1ccc(Cl)c2c1CCCN2. The fourth-order valence-electron chi connectivity index (χ4n) is 1.82. The number of halogens is 2. The summed E-state index contributed by atoms with van der Waals surface area (Å²) in [5.41, 5.74) is 2.33. The highest BCUT2D eigenvalue weighted by molar-refractivity contribution is 6.59. The molecule has 6 heteroatoms. The largest absolute Gasteiger partial charge is 0.488 e. The number of hydrogen-bond acceptors (Lipinski definition) is 3. The highest BCUT2D eigenvalue weighted by atomic mass is 35.5. The minimum absolute atomic E-state index is 0. The van der Waals surface area contributed by atoms with Gasteiger partial charge in [0, 0.05) is 6.54 Å². The van der Waals surface area contributed by atoms with Gasteiger partial charge in [0.1, 0.15) is 0 Å². The maximum absolute atomic E-state index is 9.16. The summed E-state index contributed by atoms with van der Waals surface area (Å²) in [7, 11) is -1.42. The van der Waals surface area contributed by atoms with Gasteiger partial charge in [-0.1, -0.05) is 17.7 Å². The summed E-state index contributed by atoms with van der Waals surface area (Å²) in [5.74, 6) is 0. The van der Waals surface area contributed by atoms with Gasteiger partial charge in [-0.25, -0.2) is 0 Å². The van der Waals surface area contributed by atoms with Crippen molar-refractivity contribution >= 4 is 42.3 Å². The van der Waals surface area contributed by atoms with Crippen LogP contribution in [-0.2, 0) is 6.42 Å². The number of hydrogen-bond donors (Lipinski definition) is 3. The Morgan fingerprint density at radius 3 is 2.73 bits per heavy atom. The fraction of sp³-hybridized carbons (Fsp3) is 0.333. The molecule has 0 unspecified atom stereocenters. The summed E-state index contributed by atoms with van der Waals surface area (Å²) in [6.45, 7) is 0.887. The Bertz CT molecular complexity index is 360. The van der Waals surface area contributed by atoms with E-state index in [0.29, 0.717) is 10.5 Å². The number of rotatable bonds is 1. The molecule has 1 aromatic carbocycles. The standard InChI is InChI=1S/C9H11BClNO2.ClH/c11-8-4-3-7(10(13)14)6-2-1-5-12-9(6)8;/h3-4,12-14H,1-2,5H2;1H. The first-order valence-corrected chi connectivity index (χ1v) is 4.99. The van der Waals surface area contributed by atoms with Crippen molar-refractivity contribution in [1.29, 1.82) is 0 Å². The molecule has 0 aliphatic carbocycles. The molecule has 0 fully saturated rings. The number of anilines is 1. The first kappa shape index (κ1) is 12.7. The third kappa shape index (κ3) is 2.40. The van der Waals surface area contributed by atoms with E-state index < -0.39 is 7.12 Å². The van der Waals surface area contributed by atoms with E-state index >= 15 is 0 Å². The van der Waals surface area contributed by atoms with Gasteiger partial charge < -0.3 is 15.4 Å². The molecule has 2 rings (SSSR count). The predicted molar refractivity (Wildman–Crippen MR) is 65.3 cm³/mol. The molecule has 0 aromatic heterocycles. The topological polar surface area (TPSA) is 52.5 Å². The molecule has 3 nitrogen and oxygen atoms in total. The van der Waals surface area contributed by atoms with Gasteiger partial charge in [0.25, 0.3) is 0 Å². The second kappa shape index (κ2) is 5.08. The average molecular weight is 248 g/mol. The van der Waals surface area contributed by atoms with E-state index in [1.165, 1.54) is 0 Å². The summed E-state index contributed by atoms with van der Waals surface area (Å²) in [5, 5.41) is 22.1. The van der Waals surface area contributed by atoms with Crippen molar-refractivity contribution in [3.8, 4) is 0 Å². The third-order valence-electron chi connectivity index (χ3n) is 2.48. The van der Waals surface area contributed by atoms with Gasteiger partial charge in [-0.15, -0.1) is 12.4 Å². The monoisotopic (exact) mass is 247 g/mol. The van der Waals surface area contributed by atoms with Crippen LogP contribution in [0.2, 0.25) is 5.02 Å². The van der Waals surface area contributed by atoms with Crippen LogP contribution in [0.15, 0.2) is 12.1 Å². The molecular formula is C9H12BCl2NO2. The van der Waals surface area contributed by atoms with Crippen LogP contribution in [0.1, 0.15) is 12.0 Å². The fourth-order valence-corrected chi connectivity index (χ4v) is 2.06. The van der Waals surface area contributed by atoms with Gasteiger partial charge in [0.05, 0.1) is 10.7 Å². The van der Waals surface area contributed by atoms with Gasteiger partial charge in [-0.3, -0.25) is 0 Å². The molecule has 0 saturated carbocycles. The Morgan fingerprint density at radius 1 is 1.33 bits per heavy atom. The van der Waals surface area contributed by atoms with Crippen molar-refractivity contribution < 1.29 is 10.0 Å². The summed E-state index contributed by atoms with van der Waals surface area (Å²) in [4.78, 5) is 0. The Labute approximate surface area is 100 Å². The molecule has 82 valence electrons. The summed E-state index contributed by atoms with van der Waals surface area (Å²) in [6.07, 6.45) is 1.84. The highest BCUT2D eigenvalue weighted by Crippen LogP contribution is 2.28. The van der Waals surface area contributed by atoms with E-state index in [1.54, 1.807) is 12.1 Å². The van der Waals surface area contributed by atoms with E-state index in [0.717, 1.165) is 30.6 Å². The van der Waals surface area contributed by atoms with E-state index in [4.69, 9.17) is 21.6 Å². The van der Waals surface area contributed by atoms with Crippen LogP contribution in [0, 0.1) is 0 Å². The zero-order chi connectivity index (χ0) is 10.1. The number of fused-ring (bicyclic) bond motifs is 1. The Hall–Kier alpha value is -0.415. The Morgan fingerprint density at radius 2 is 2.07 bits per heavy atom. The molecule has 1 heterocycles. The molecule has 0 atom stereocenters. The van der Waals surface area contributed by atoms with Crippen LogP contribution in [0.5, 0.6) is 0 Å². The van der Waals surface area contributed by atoms with Crippen LogP contribution in [0.3, 0.4) is 0 Å².